The molecule has 1 aromatic carbocycles. The van der Waals surface area contributed by atoms with Gasteiger partial charge < -0.3 is 4.74 Å². The fourth-order valence-electron chi connectivity index (χ4n) is 1.70. The van der Waals surface area contributed by atoms with E-state index >= 15 is 0 Å². The van der Waals surface area contributed by atoms with E-state index in [1.165, 1.54) is 5.56 Å². The Morgan fingerprint density at radius 1 is 1.27 bits per heavy atom. The van der Waals surface area contributed by atoms with Gasteiger partial charge in [-0.25, -0.2) is 0 Å². The maximum Gasteiger partial charge on any atom is 0.0462 e. The van der Waals surface area contributed by atoms with Gasteiger partial charge in [0.05, 0.1) is 0 Å². The molecule has 15 heavy (non-hydrogen) atoms. The van der Waals surface area contributed by atoms with Crippen molar-refractivity contribution in [3.05, 3.63) is 35.9 Å². The van der Waals surface area contributed by atoms with Crippen LogP contribution in [0.25, 0.3) is 0 Å². The molecule has 1 rings (SSSR count). The quantitative estimate of drug-likeness (QED) is 0.511. The van der Waals surface area contributed by atoms with Crippen LogP contribution in [0.2, 0.25) is 0 Å². The summed E-state index contributed by atoms with van der Waals surface area (Å²) in [6, 6.07) is 10.5. The van der Waals surface area contributed by atoms with E-state index in [1.54, 1.807) is 7.11 Å². The zero-order chi connectivity index (χ0) is 10.9. The SMILES string of the molecule is COCCCC(CCl)Cc1ccccc1. The molecule has 0 fully saturated rings. The lowest BCUT2D eigenvalue weighted by molar-refractivity contribution is 0.188. The summed E-state index contributed by atoms with van der Waals surface area (Å²) in [6.45, 7) is 0.835. The Morgan fingerprint density at radius 2 is 2.00 bits per heavy atom. The van der Waals surface area contributed by atoms with E-state index in [4.69, 9.17) is 16.3 Å². The van der Waals surface area contributed by atoms with Crippen molar-refractivity contribution in [1.29, 1.82) is 0 Å². The van der Waals surface area contributed by atoms with Gasteiger partial charge in [0, 0.05) is 19.6 Å². The van der Waals surface area contributed by atoms with E-state index in [2.05, 4.69) is 24.3 Å². The minimum Gasteiger partial charge on any atom is -0.385 e. The van der Waals surface area contributed by atoms with Gasteiger partial charge >= 0.3 is 0 Å². The Bertz CT molecular complexity index is 248. The first kappa shape index (κ1) is 12.5. The van der Waals surface area contributed by atoms with Gasteiger partial charge in [-0.3, -0.25) is 0 Å². The second-order valence-electron chi connectivity index (χ2n) is 3.85. The molecule has 2 heteroatoms. The van der Waals surface area contributed by atoms with Crippen LogP contribution in [0.3, 0.4) is 0 Å². The smallest absolute Gasteiger partial charge is 0.0462 e. The molecule has 1 aromatic rings. The number of hydrogen-bond acceptors (Lipinski definition) is 1. The highest BCUT2D eigenvalue weighted by Crippen LogP contribution is 2.15. The van der Waals surface area contributed by atoms with Gasteiger partial charge in [0.25, 0.3) is 0 Å². The van der Waals surface area contributed by atoms with Crippen LogP contribution in [-0.4, -0.2) is 19.6 Å². The first-order valence-electron chi connectivity index (χ1n) is 5.45. The average molecular weight is 227 g/mol. The minimum absolute atomic E-state index is 0.573. The Balaban J connectivity index is 2.33. The zero-order valence-corrected chi connectivity index (χ0v) is 10.0. The second-order valence-corrected chi connectivity index (χ2v) is 4.15. The van der Waals surface area contributed by atoms with Crippen LogP contribution in [0.5, 0.6) is 0 Å². The van der Waals surface area contributed by atoms with Crippen molar-refractivity contribution >= 4 is 11.6 Å². The summed E-state index contributed by atoms with van der Waals surface area (Å²) < 4.78 is 5.04. The van der Waals surface area contributed by atoms with Crippen molar-refractivity contribution in [2.45, 2.75) is 19.3 Å². The molecule has 0 spiro atoms. The topological polar surface area (TPSA) is 9.23 Å². The van der Waals surface area contributed by atoms with E-state index in [1.807, 2.05) is 6.07 Å². The van der Waals surface area contributed by atoms with Crippen molar-refractivity contribution < 1.29 is 4.74 Å². The van der Waals surface area contributed by atoms with Crippen LogP contribution < -0.4 is 0 Å². The molecular formula is C13H19ClO. The van der Waals surface area contributed by atoms with Crippen LogP contribution >= 0.6 is 11.6 Å². The Labute approximate surface area is 97.4 Å². The van der Waals surface area contributed by atoms with Crippen LogP contribution in [0.4, 0.5) is 0 Å². The molecule has 0 aliphatic rings. The van der Waals surface area contributed by atoms with Crippen LogP contribution in [0.15, 0.2) is 30.3 Å². The fourth-order valence-corrected chi connectivity index (χ4v) is 1.96. The molecule has 84 valence electrons. The van der Waals surface area contributed by atoms with E-state index in [0.29, 0.717) is 5.92 Å². The molecule has 1 nitrogen and oxygen atoms in total. The number of benzene rings is 1. The van der Waals surface area contributed by atoms with Crippen molar-refractivity contribution in [2.75, 3.05) is 19.6 Å². The van der Waals surface area contributed by atoms with Crippen LogP contribution in [0.1, 0.15) is 18.4 Å². The summed E-state index contributed by atoms with van der Waals surface area (Å²) in [5, 5.41) is 0. The second kappa shape index (κ2) is 7.72. The highest BCUT2D eigenvalue weighted by atomic mass is 35.5. The van der Waals surface area contributed by atoms with Gasteiger partial charge in [-0.1, -0.05) is 30.3 Å². The third kappa shape index (κ3) is 5.19. The fraction of sp³-hybridized carbons (Fsp3) is 0.538. The van der Waals surface area contributed by atoms with E-state index in [0.717, 1.165) is 31.7 Å². The molecule has 0 saturated heterocycles. The molecule has 0 amide bonds. The van der Waals surface area contributed by atoms with E-state index < -0.39 is 0 Å². The third-order valence-corrected chi connectivity index (χ3v) is 2.98. The summed E-state index contributed by atoms with van der Waals surface area (Å²) in [4.78, 5) is 0. The van der Waals surface area contributed by atoms with Gasteiger partial charge in [-0.05, 0) is 30.7 Å². The number of hydrogen-bond donors (Lipinski definition) is 0. The molecule has 0 aliphatic carbocycles. The van der Waals surface area contributed by atoms with Gasteiger partial charge in [0.15, 0.2) is 0 Å². The highest BCUT2D eigenvalue weighted by Gasteiger charge is 2.07. The standard InChI is InChI=1S/C13H19ClO/c1-15-9-5-8-13(11-14)10-12-6-3-2-4-7-12/h2-4,6-7,13H,5,8-11H2,1H3. The minimum atomic E-state index is 0.573. The highest BCUT2D eigenvalue weighted by molar-refractivity contribution is 6.18. The molecule has 1 atom stereocenters. The number of alkyl halides is 1. The maximum absolute atomic E-state index is 5.96. The molecule has 0 aliphatic heterocycles. The molecule has 0 radical (unpaired) electrons. The largest absolute Gasteiger partial charge is 0.385 e. The number of ether oxygens (including phenoxy) is 1. The van der Waals surface area contributed by atoms with Crippen LogP contribution in [-0.2, 0) is 11.2 Å². The first-order chi connectivity index (χ1) is 7.36. The molecular weight excluding hydrogens is 208 g/mol. The van der Waals surface area contributed by atoms with E-state index in [-0.39, 0.29) is 0 Å². The molecule has 0 aromatic heterocycles. The lowest BCUT2D eigenvalue weighted by Gasteiger charge is -2.13. The summed E-state index contributed by atoms with van der Waals surface area (Å²) in [6.07, 6.45) is 3.32. The monoisotopic (exact) mass is 226 g/mol. The normalized spacial score (nSPS) is 12.7. The lowest BCUT2D eigenvalue weighted by atomic mass is 9.97. The average Bonchev–Trinajstić information content (AvgIpc) is 2.29. The maximum atomic E-state index is 5.96. The third-order valence-electron chi connectivity index (χ3n) is 2.55. The number of rotatable bonds is 7. The van der Waals surface area contributed by atoms with Gasteiger partial charge in [-0.2, -0.15) is 0 Å². The molecule has 0 bridgehead atoms. The number of methoxy groups -OCH3 is 1. The first-order valence-corrected chi connectivity index (χ1v) is 5.99. The van der Waals surface area contributed by atoms with Crippen molar-refractivity contribution in [2.24, 2.45) is 5.92 Å². The summed E-state index contributed by atoms with van der Waals surface area (Å²) >= 11 is 5.96. The zero-order valence-electron chi connectivity index (χ0n) is 9.29. The molecule has 0 N–H and O–H groups in total. The summed E-state index contributed by atoms with van der Waals surface area (Å²) in [5.74, 6) is 1.31. The molecule has 0 saturated carbocycles. The Hall–Kier alpha value is -0.530. The predicted molar refractivity (Wildman–Crippen MR) is 65.5 cm³/mol. The summed E-state index contributed by atoms with van der Waals surface area (Å²) in [7, 11) is 1.74. The Kier molecular flexibility index (Phi) is 6.45. The predicted octanol–water partition coefficient (Wildman–Crippen LogP) is 3.51. The van der Waals surface area contributed by atoms with Gasteiger partial charge in [-0.15, -0.1) is 11.6 Å². The molecule has 0 heterocycles. The van der Waals surface area contributed by atoms with Gasteiger partial charge in [0.1, 0.15) is 0 Å². The molecule has 1 unspecified atom stereocenters. The van der Waals surface area contributed by atoms with Crippen LogP contribution in [0, 0.1) is 5.92 Å². The van der Waals surface area contributed by atoms with Crippen molar-refractivity contribution in [1.82, 2.24) is 0 Å². The summed E-state index contributed by atoms with van der Waals surface area (Å²) in [5.41, 5.74) is 1.38. The van der Waals surface area contributed by atoms with Crippen molar-refractivity contribution in [3.8, 4) is 0 Å². The lowest BCUT2D eigenvalue weighted by Crippen LogP contribution is -2.07. The van der Waals surface area contributed by atoms with Crippen molar-refractivity contribution in [3.63, 3.8) is 0 Å². The Morgan fingerprint density at radius 3 is 2.60 bits per heavy atom. The number of halogens is 1. The van der Waals surface area contributed by atoms with Gasteiger partial charge in [0.2, 0.25) is 0 Å². The van der Waals surface area contributed by atoms with E-state index in [9.17, 15) is 0 Å².